The lowest BCUT2D eigenvalue weighted by Gasteiger charge is -2.39. The second kappa shape index (κ2) is 2.80. The molecule has 0 radical (unpaired) electrons. The highest BCUT2D eigenvalue weighted by Crippen LogP contribution is 2.89. The van der Waals surface area contributed by atoms with Crippen LogP contribution in [0, 0.1) is 23.2 Å². The maximum atomic E-state index is 12.8. The monoisotopic (exact) mass is 281 g/mol. The highest BCUT2D eigenvalue weighted by Gasteiger charge is 2.87. The van der Waals surface area contributed by atoms with Crippen LogP contribution in [-0.2, 0) is 0 Å². The zero-order valence-corrected chi connectivity index (χ0v) is 11.6. The minimum Gasteiger partial charge on any atom is -0.245 e. The van der Waals surface area contributed by atoms with E-state index >= 15 is 0 Å². The molecule has 5 nitrogen and oxygen atoms in total. The fourth-order valence-electron chi connectivity index (χ4n) is 6.03. The highest BCUT2D eigenvalue weighted by atomic mass is 16.2. The van der Waals surface area contributed by atoms with Crippen LogP contribution in [0.15, 0.2) is 39.9 Å². The molecule has 1 aromatic carbocycles. The van der Waals surface area contributed by atoms with Gasteiger partial charge in [-0.1, -0.05) is 25.1 Å². The molecular formula is C16H15N3O2. The number of hydrogen-bond acceptors (Lipinski definition) is 2. The van der Waals surface area contributed by atoms with Crippen molar-refractivity contribution in [1.29, 1.82) is 0 Å². The Kier molecular flexibility index (Phi) is 1.42. The van der Waals surface area contributed by atoms with Crippen molar-refractivity contribution in [3.05, 3.63) is 51.3 Å². The molecular weight excluding hydrogens is 266 g/mol. The van der Waals surface area contributed by atoms with E-state index in [1.165, 1.54) is 4.57 Å². The summed E-state index contributed by atoms with van der Waals surface area (Å²) in [6.07, 6.45) is 1.08. The Labute approximate surface area is 120 Å². The molecule has 0 spiro atoms. The first-order valence-corrected chi connectivity index (χ1v) is 7.67. The number of benzene rings is 1. The van der Waals surface area contributed by atoms with Crippen LogP contribution in [0.3, 0.4) is 0 Å². The number of rotatable bonds is 1. The number of nitrogens with zero attached hydrogens (tertiary/aromatic N) is 3. The van der Waals surface area contributed by atoms with Crippen molar-refractivity contribution < 1.29 is 0 Å². The van der Waals surface area contributed by atoms with Crippen molar-refractivity contribution in [2.45, 2.75) is 25.4 Å². The third kappa shape index (κ3) is 0.836. The second-order valence-corrected chi connectivity index (χ2v) is 7.25. The topological polar surface area (TPSA) is 48.9 Å². The summed E-state index contributed by atoms with van der Waals surface area (Å²) in [6, 6.07) is 9.78. The minimum absolute atomic E-state index is 0.157. The summed E-state index contributed by atoms with van der Waals surface area (Å²) >= 11 is 0. The third-order valence-electron chi connectivity index (χ3n) is 6.80. The molecule has 0 N–H and O–H groups in total. The van der Waals surface area contributed by atoms with Gasteiger partial charge in [0.05, 0.1) is 17.8 Å². The van der Waals surface area contributed by atoms with Gasteiger partial charge in [0, 0.05) is 5.92 Å². The normalized spacial score (nSPS) is 43.4. The van der Waals surface area contributed by atoms with Gasteiger partial charge >= 0.3 is 11.4 Å². The van der Waals surface area contributed by atoms with Crippen LogP contribution >= 0.6 is 0 Å². The minimum atomic E-state index is -0.158. The van der Waals surface area contributed by atoms with Crippen molar-refractivity contribution in [3.63, 3.8) is 0 Å². The van der Waals surface area contributed by atoms with E-state index in [4.69, 9.17) is 0 Å². The molecule has 106 valence electrons. The van der Waals surface area contributed by atoms with Crippen molar-refractivity contribution in [1.82, 2.24) is 13.9 Å². The second-order valence-electron chi connectivity index (χ2n) is 7.25. The number of fused-ring (bicyclic) bond motifs is 5. The summed E-state index contributed by atoms with van der Waals surface area (Å²) in [6.45, 7) is 2.30. The van der Waals surface area contributed by atoms with Crippen LogP contribution in [0.1, 0.15) is 25.4 Å². The third-order valence-corrected chi connectivity index (χ3v) is 6.80. The van der Waals surface area contributed by atoms with Crippen LogP contribution in [0.5, 0.6) is 0 Å². The Morgan fingerprint density at radius 3 is 2.52 bits per heavy atom. The molecule has 6 rings (SSSR count). The number of hydrogen-bond donors (Lipinski definition) is 0. The quantitative estimate of drug-likeness (QED) is 0.788. The lowest BCUT2D eigenvalue weighted by molar-refractivity contribution is 0.0768. The molecule has 1 aromatic heterocycles. The van der Waals surface area contributed by atoms with Crippen LogP contribution in [0.4, 0.5) is 0 Å². The molecule has 2 aromatic rings. The van der Waals surface area contributed by atoms with Gasteiger partial charge in [-0.3, -0.25) is 0 Å². The smallest absolute Gasteiger partial charge is 0.245 e. The summed E-state index contributed by atoms with van der Waals surface area (Å²) < 4.78 is 4.90. The zero-order valence-electron chi connectivity index (χ0n) is 11.6. The molecule has 0 bridgehead atoms. The summed E-state index contributed by atoms with van der Waals surface area (Å²) in [5, 5.41) is 0. The van der Waals surface area contributed by atoms with Crippen molar-refractivity contribution >= 4 is 0 Å². The van der Waals surface area contributed by atoms with Crippen molar-refractivity contribution in [2.75, 3.05) is 0 Å². The van der Waals surface area contributed by atoms with Crippen LogP contribution < -0.4 is 11.4 Å². The average Bonchev–Trinajstić information content (AvgIpc) is 2.79. The van der Waals surface area contributed by atoms with Crippen molar-refractivity contribution in [2.24, 2.45) is 23.2 Å². The summed E-state index contributed by atoms with van der Waals surface area (Å²) in [4.78, 5) is 25.7. The molecule has 6 atom stereocenters. The van der Waals surface area contributed by atoms with E-state index in [1.54, 1.807) is 9.36 Å². The van der Waals surface area contributed by atoms with Crippen LogP contribution in [0.25, 0.3) is 5.69 Å². The Morgan fingerprint density at radius 1 is 1.10 bits per heavy atom. The van der Waals surface area contributed by atoms with Gasteiger partial charge in [-0.05, 0) is 35.8 Å². The molecule has 3 aliphatic carbocycles. The van der Waals surface area contributed by atoms with E-state index in [0.717, 1.165) is 18.3 Å². The molecule has 3 saturated carbocycles. The number of aromatic nitrogens is 3. The summed E-state index contributed by atoms with van der Waals surface area (Å²) in [5.74, 6) is 2.06. The van der Waals surface area contributed by atoms with E-state index in [-0.39, 0.29) is 23.5 Å². The predicted octanol–water partition coefficient (Wildman–Crippen LogP) is 1.18. The van der Waals surface area contributed by atoms with Gasteiger partial charge in [-0.25, -0.2) is 23.5 Å². The highest BCUT2D eigenvalue weighted by molar-refractivity contribution is 5.36. The van der Waals surface area contributed by atoms with E-state index in [2.05, 4.69) is 6.92 Å². The molecule has 4 aliphatic rings. The van der Waals surface area contributed by atoms with Gasteiger partial charge in [0.15, 0.2) is 0 Å². The van der Waals surface area contributed by atoms with E-state index in [1.807, 2.05) is 30.3 Å². The zero-order chi connectivity index (χ0) is 14.1. The lowest BCUT2D eigenvalue weighted by Crippen LogP contribution is -2.42. The maximum absolute atomic E-state index is 12.8. The summed E-state index contributed by atoms with van der Waals surface area (Å²) in [7, 11) is 0. The lowest BCUT2D eigenvalue weighted by atomic mass is 9.66. The van der Waals surface area contributed by atoms with Crippen molar-refractivity contribution in [3.8, 4) is 5.69 Å². The van der Waals surface area contributed by atoms with E-state index < -0.39 is 0 Å². The molecule has 5 heteroatoms. The van der Waals surface area contributed by atoms with E-state index in [0.29, 0.717) is 17.0 Å². The molecule has 1 aliphatic heterocycles. The molecule has 0 saturated heterocycles. The fraction of sp³-hybridized carbons (Fsp3) is 0.500. The maximum Gasteiger partial charge on any atom is 0.352 e. The van der Waals surface area contributed by atoms with Crippen LogP contribution in [0.2, 0.25) is 0 Å². The Balaban J connectivity index is 1.66. The molecule has 3 fully saturated rings. The van der Waals surface area contributed by atoms with Gasteiger partial charge < -0.3 is 0 Å². The summed E-state index contributed by atoms with van der Waals surface area (Å²) in [5.41, 5.74) is 0.648. The first-order valence-electron chi connectivity index (χ1n) is 7.67. The van der Waals surface area contributed by atoms with E-state index in [9.17, 15) is 9.59 Å². The largest absolute Gasteiger partial charge is 0.352 e. The average molecular weight is 281 g/mol. The molecule has 2 heterocycles. The van der Waals surface area contributed by atoms with Gasteiger partial charge in [0.2, 0.25) is 0 Å². The standard InChI is InChI=1S/C16H15N3O2/c1-16-9-7-10-11(12(9)16)13(16)19-15(21)17(14(20)18(10)19)8-5-3-2-4-6-8/h2-6,9-13H,7H2,1H3. The number of para-hydroxylation sites is 1. The van der Waals surface area contributed by atoms with Gasteiger partial charge in [-0.15, -0.1) is 0 Å². The first-order chi connectivity index (χ1) is 10.2. The molecule has 21 heavy (non-hydrogen) atoms. The SMILES string of the molecule is CC12C3CC4C(C31)C2n1c(=O)n(-c2ccccc2)c(=O)n14. The predicted molar refractivity (Wildman–Crippen MR) is 75.6 cm³/mol. The first kappa shape index (κ1) is 10.7. The fourth-order valence-corrected chi connectivity index (χ4v) is 6.03. The Morgan fingerprint density at radius 2 is 1.81 bits per heavy atom. The van der Waals surface area contributed by atoms with Gasteiger partial charge in [-0.2, -0.15) is 0 Å². The Hall–Kier alpha value is -2.04. The molecule has 0 amide bonds. The molecule has 6 unspecified atom stereocenters. The Bertz CT molecular complexity index is 915. The van der Waals surface area contributed by atoms with Gasteiger partial charge in [0.25, 0.3) is 0 Å². The van der Waals surface area contributed by atoms with Crippen LogP contribution in [-0.4, -0.2) is 13.9 Å². The van der Waals surface area contributed by atoms with Gasteiger partial charge in [0.1, 0.15) is 0 Å².